The smallest absolute Gasteiger partial charge is 0.0671 e. The maximum absolute atomic E-state index is 8.69. The summed E-state index contributed by atoms with van der Waals surface area (Å²) in [5, 5.41) is 9.28. The third-order valence-corrected chi connectivity index (χ3v) is 2.40. The Hall–Kier alpha value is -0.780. The molecule has 0 saturated heterocycles. The summed E-state index contributed by atoms with van der Waals surface area (Å²) in [7, 11) is 0. The highest BCUT2D eigenvalue weighted by molar-refractivity contribution is 6.31. The number of pyridine rings is 1. The zero-order chi connectivity index (χ0) is 9.68. The molecule has 1 rings (SSSR count). The monoisotopic (exact) mass is 214 g/mol. The lowest BCUT2D eigenvalue weighted by Crippen LogP contribution is -2.03. The Balaban J connectivity index is 2.74. The van der Waals surface area contributed by atoms with Crippen molar-refractivity contribution in [2.75, 3.05) is 5.88 Å². The van der Waals surface area contributed by atoms with E-state index in [2.05, 4.69) is 11.1 Å². The molecule has 0 radical (unpaired) electrons. The van der Waals surface area contributed by atoms with Crippen molar-refractivity contribution in [2.24, 2.45) is 5.92 Å². The maximum Gasteiger partial charge on any atom is 0.0671 e. The first-order chi connectivity index (χ1) is 6.27. The molecule has 0 bridgehead atoms. The molecule has 13 heavy (non-hydrogen) atoms. The number of halogens is 2. The van der Waals surface area contributed by atoms with Gasteiger partial charge in [-0.2, -0.15) is 5.26 Å². The second kappa shape index (κ2) is 5.06. The maximum atomic E-state index is 8.69. The van der Waals surface area contributed by atoms with Crippen LogP contribution in [0, 0.1) is 17.2 Å². The molecule has 0 aliphatic heterocycles. The molecule has 0 spiro atoms. The lowest BCUT2D eigenvalue weighted by atomic mass is 10.0. The predicted octanol–water partition coefficient (Wildman–Crippen LogP) is 2.66. The first-order valence-electron chi connectivity index (χ1n) is 3.82. The van der Waals surface area contributed by atoms with E-state index in [1.54, 1.807) is 18.5 Å². The predicted molar refractivity (Wildman–Crippen MR) is 52.8 cm³/mol. The van der Waals surface area contributed by atoms with Crippen LogP contribution in [-0.2, 0) is 6.42 Å². The lowest BCUT2D eigenvalue weighted by molar-refractivity contribution is 0.745. The summed E-state index contributed by atoms with van der Waals surface area (Å²) in [6.45, 7) is 0. The molecule has 1 heterocycles. The van der Waals surface area contributed by atoms with Crippen molar-refractivity contribution in [2.45, 2.75) is 6.42 Å². The number of alkyl halides is 1. The van der Waals surface area contributed by atoms with Gasteiger partial charge in [-0.25, -0.2) is 0 Å². The number of hydrogen-bond acceptors (Lipinski definition) is 2. The van der Waals surface area contributed by atoms with Crippen molar-refractivity contribution in [1.82, 2.24) is 4.98 Å². The highest BCUT2D eigenvalue weighted by atomic mass is 35.5. The third kappa shape index (κ3) is 2.87. The van der Waals surface area contributed by atoms with E-state index in [1.165, 1.54) is 0 Å². The average Bonchev–Trinajstić information content (AvgIpc) is 2.17. The minimum Gasteiger partial charge on any atom is -0.263 e. The zero-order valence-electron chi connectivity index (χ0n) is 6.87. The summed E-state index contributed by atoms with van der Waals surface area (Å²) in [5.74, 6) is 0.149. The van der Waals surface area contributed by atoms with Gasteiger partial charge in [0.05, 0.1) is 17.0 Å². The van der Waals surface area contributed by atoms with Crippen LogP contribution in [0.4, 0.5) is 0 Å². The SMILES string of the molecule is N#CC(CCl)Cc1ccncc1Cl. The van der Waals surface area contributed by atoms with Crippen molar-refractivity contribution in [3.8, 4) is 6.07 Å². The van der Waals surface area contributed by atoms with Crippen LogP contribution in [0.25, 0.3) is 0 Å². The Morgan fingerprint density at radius 3 is 2.92 bits per heavy atom. The van der Waals surface area contributed by atoms with Gasteiger partial charge in [0.15, 0.2) is 0 Å². The lowest BCUT2D eigenvalue weighted by Gasteiger charge is -2.05. The van der Waals surface area contributed by atoms with Crippen molar-refractivity contribution in [1.29, 1.82) is 5.26 Å². The van der Waals surface area contributed by atoms with E-state index in [0.29, 0.717) is 17.3 Å². The molecule has 2 nitrogen and oxygen atoms in total. The van der Waals surface area contributed by atoms with Crippen LogP contribution in [0.15, 0.2) is 18.5 Å². The fraction of sp³-hybridized carbons (Fsp3) is 0.333. The van der Waals surface area contributed by atoms with E-state index in [0.717, 1.165) is 5.56 Å². The summed E-state index contributed by atoms with van der Waals surface area (Å²) < 4.78 is 0. The van der Waals surface area contributed by atoms with Gasteiger partial charge in [0, 0.05) is 18.3 Å². The third-order valence-electron chi connectivity index (χ3n) is 1.69. The van der Waals surface area contributed by atoms with E-state index in [9.17, 15) is 0 Å². The second-order valence-electron chi connectivity index (χ2n) is 2.65. The number of rotatable bonds is 3. The minimum absolute atomic E-state index is 0.179. The first kappa shape index (κ1) is 10.3. The molecule has 0 N–H and O–H groups in total. The van der Waals surface area contributed by atoms with Gasteiger partial charge >= 0.3 is 0 Å². The van der Waals surface area contributed by atoms with Gasteiger partial charge in [-0.15, -0.1) is 11.6 Å². The van der Waals surface area contributed by atoms with Gasteiger partial charge in [-0.3, -0.25) is 4.98 Å². The molecule has 1 aromatic heterocycles. The molecular formula is C9H8Cl2N2. The van der Waals surface area contributed by atoms with Crippen LogP contribution in [-0.4, -0.2) is 10.9 Å². The normalized spacial score (nSPS) is 12.1. The van der Waals surface area contributed by atoms with Gasteiger partial charge in [-0.1, -0.05) is 11.6 Å². The summed E-state index contributed by atoms with van der Waals surface area (Å²) in [5.41, 5.74) is 0.920. The first-order valence-corrected chi connectivity index (χ1v) is 4.73. The highest BCUT2D eigenvalue weighted by Gasteiger charge is 2.09. The van der Waals surface area contributed by atoms with Crippen LogP contribution < -0.4 is 0 Å². The van der Waals surface area contributed by atoms with Crippen LogP contribution >= 0.6 is 23.2 Å². The molecule has 0 aliphatic carbocycles. The van der Waals surface area contributed by atoms with Crippen LogP contribution in [0.2, 0.25) is 5.02 Å². The molecule has 0 saturated carbocycles. The van der Waals surface area contributed by atoms with Gasteiger partial charge < -0.3 is 0 Å². The molecule has 0 amide bonds. The van der Waals surface area contributed by atoms with E-state index >= 15 is 0 Å². The summed E-state index contributed by atoms with van der Waals surface area (Å²) in [6.07, 6.45) is 3.81. The average molecular weight is 215 g/mol. The summed E-state index contributed by atoms with van der Waals surface area (Å²) >= 11 is 11.5. The van der Waals surface area contributed by atoms with Gasteiger partial charge in [0.1, 0.15) is 0 Å². The van der Waals surface area contributed by atoms with Gasteiger partial charge in [0.25, 0.3) is 0 Å². The number of hydrogen-bond donors (Lipinski definition) is 0. The zero-order valence-corrected chi connectivity index (χ0v) is 8.39. The molecule has 0 aliphatic rings. The second-order valence-corrected chi connectivity index (χ2v) is 3.37. The Morgan fingerprint density at radius 2 is 2.38 bits per heavy atom. The minimum atomic E-state index is -0.179. The molecule has 0 aromatic carbocycles. The van der Waals surface area contributed by atoms with E-state index in [4.69, 9.17) is 28.5 Å². The van der Waals surface area contributed by atoms with Gasteiger partial charge in [0.2, 0.25) is 0 Å². The largest absolute Gasteiger partial charge is 0.263 e. The Labute approximate surface area is 87.1 Å². The molecule has 1 unspecified atom stereocenters. The van der Waals surface area contributed by atoms with E-state index < -0.39 is 0 Å². The molecule has 1 aromatic rings. The van der Waals surface area contributed by atoms with Crippen LogP contribution in [0.5, 0.6) is 0 Å². The van der Waals surface area contributed by atoms with Crippen LogP contribution in [0.1, 0.15) is 5.56 Å². The fourth-order valence-electron chi connectivity index (χ4n) is 0.970. The molecule has 68 valence electrons. The Bertz CT molecular complexity index is 320. The fourth-order valence-corrected chi connectivity index (χ4v) is 1.34. The van der Waals surface area contributed by atoms with E-state index in [-0.39, 0.29) is 5.92 Å². The number of aromatic nitrogens is 1. The van der Waals surface area contributed by atoms with E-state index in [1.807, 2.05) is 0 Å². The molecule has 1 atom stereocenters. The highest BCUT2D eigenvalue weighted by Crippen LogP contribution is 2.17. The molecule has 4 heteroatoms. The van der Waals surface area contributed by atoms with Crippen molar-refractivity contribution >= 4 is 23.2 Å². The van der Waals surface area contributed by atoms with Crippen LogP contribution in [0.3, 0.4) is 0 Å². The number of nitrogens with zero attached hydrogens (tertiary/aromatic N) is 2. The summed E-state index contributed by atoms with van der Waals surface area (Å²) in [4.78, 5) is 3.86. The molecular weight excluding hydrogens is 207 g/mol. The van der Waals surface area contributed by atoms with Gasteiger partial charge in [-0.05, 0) is 18.1 Å². The van der Waals surface area contributed by atoms with Crippen molar-refractivity contribution < 1.29 is 0 Å². The van der Waals surface area contributed by atoms with Crippen molar-refractivity contribution in [3.05, 3.63) is 29.0 Å². The Morgan fingerprint density at radius 1 is 1.62 bits per heavy atom. The number of nitriles is 1. The topological polar surface area (TPSA) is 36.7 Å². The van der Waals surface area contributed by atoms with Crippen molar-refractivity contribution in [3.63, 3.8) is 0 Å². The quantitative estimate of drug-likeness (QED) is 0.726. The summed E-state index contributed by atoms with van der Waals surface area (Å²) in [6, 6.07) is 3.92. The molecule has 0 fully saturated rings. The Kier molecular flexibility index (Phi) is 4.01. The standard InChI is InChI=1S/C9H8Cl2N2/c10-4-7(5-12)3-8-1-2-13-6-9(8)11/h1-2,6-7H,3-4H2.